The van der Waals surface area contributed by atoms with Crippen LogP contribution in [0.3, 0.4) is 0 Å². The molecule has 0 spiro atoms. The number of unbranched alkanes of at least 4 members (excludes halogenated alkanes) is 2. The highest BCUT2D eigenvalue weighted by Gasteiger charge is 2.46. The maximum atomic E-state index is 2.47. The van der Waals surface area contributed by atoms with Crippen LogP contribution in [-0.4, -0.2) is 0 Å². The van der Waals surface area contributed by atoms with Crippen molar-refractivity contribution in [2.24, 2.45) is 0 Å². The van der Waals surface area contributed by atoms with Gasteiger partial charge in [0.1, 0.15) is 0 Å². The normalized spacial score (nSPS) is 12.9. The van der Waals surface area contributed by atoms with Crippen LogP contribution in [0.4, 0.5) is 0 Å². The van der Waals surface area contributed by atoms with Crippen LogP contribution < -0.4 is 0 Å². The fourth-order valence-electron chi connectivity index (χ4n) is 7.95. The van der Waals surface area contributed by atoms with Gasteiger partial charge in [0.2, 0.25) is 0 Å². The molecule has 0 unspecified atom stereocenters. The van der Waals surface area contributed by atoms with E-state index >= 15 is 0 Å². The molecule has 0 saturated carbocycles. The Morgan fingerprint density at radius 2 is 0.694 bits per heavy atom. The molecule has 0 amide bonds. The van der Waals surface area contributed by atoms with Crippen LogP contribution in [0.5, 0.6) is 0 Å². The molecule has 1 aliphatic carbocycles. The van der Waals surface area contributed by atoms with Crippen molar-refractivity contribution in [2.75, 3.05) is 0 Å². The highest BCUT2D eigenvalue weighted by molar-refractivity contribution is 5.88. The van der Waals surface area contributed by atoms with Crippen molar-refractivity contribution < 1.29 is 0 Å². The molecule has 0 fully saturated rings. The standard InChI is InChI=1S/C49H50/c1-7-9-11-37-13-17-39(18-14-37)41-21-25-43(26-22-41)49(44-27-23-42(24-28-44)40-19-15-38(16-20-40)12-10-8-2)47-31-35(5)33(3)29-45(47)46-30-34(4)36(6)32-48(46)49/h13-32H,7-12H2,1-6H3. The summed E-state index contributed by atoms with van der Waals surface area (Å²) in [7, 11) is 0. The summed E-state index contributed by atoms with van der Waals surface area (Å²) in [4.78, 5) is 0. The zero-order valence-corrected chi connectivity index (χ0v) is 30.3. The Hall–Kier alpha value is -4.68. The van der Waals surface area contributed by atoms with Gasteiger partial charge in [-0.05, 0) is 142 Å². The van der Waals surface area contributed by atoms with Crippen LogP contribution in [0.2, 0.25) is 0 Å². The van der Waals surface area contributed by atoms with Crippen molar-refractivity contribution >= 4 is 0 Å². The number of rotatable bonds is 10. The second-order valence-corrected chi connectivity index (χ2v) is 14.5. The molecule has 49 heavy (non-hydrogen) atoms. The molecule has 246 valence electrons. The third-order valence-corrected chi connectivity index (χ3v) is 11.2. The highest BCUT2D eigenvalue weighted by Crippen LogP contribution is 2.57. The zero-order chi connectivity index (χ0) is 34.1. The van der Waals surface area contributed by atoms with Gasteiger partial charge in [-0.1, -0.05) is 148 Å². The largest absolute Gasteiger partial charge is 0.0713 e. The quantitative estimate of drug-likeness (QED) is 0.140. The van der Waals surface area contributed by atoms with Crippen molar-refractivity contribution in [1.29, 1.82) is 0 Å². The van der Waals surface area contributed by atoms with Crippen molar-refractivity contribution in [3.05, 3.63) is 177 Å². The average Bonchev–Trinajstić information content (AvgIpc) is 3.39. The summed E-state index contributed by atoms with van der Waals surface area (Å²) in [5.41, 5.74) is 21.0. The van der Waals surface area contributed by atoms with E-state index in [1.54, 1.807) is 0 Å². The number of fused-ring (bicyclic) bond motifs is 3. The molecule has 6 aromatic carbocycles. The lowest BCUT2D eigenvalue weighted by Crippen LogP contribution is -2.29. The minimum atomic E-state index is -0.424. The van der Waals surface area contributed by atoms with Crippen LogP contribution in [0.25, 0.3) is 33.4 Å². The molecular formula is C49H50. The molecule has 0 radical (unpaired) electrons. The summed E-state index contributed by atoms with van der Waals surface area (Å²) in [6, 6.07) is 47.2. The van der Waals surface area contributed by atoms with Gasteiger partial charge in [0.25, 0.3) is 0 Å². The third kappa shape index (κ3) is 5.97. The van der Waals surface area contributed by atoms with Crippen molar-refractivity contribution in [1.82, 2.24) is 0 Å². The van der Waals surface area contributed by atoms with E-state index < -0.39 is 5.41 Å². The first-order valence-corrected chi connectivity index (χ1v) is 18.5. The fourth-order valence-corrected chi connectivity index (χ4v) is 7.95. The van der Waals surface area contributed by atoms with E-state index in [1.807, 2.05) is 0 Å². The van der Waals surface area contributed by atoms with E-state index in [4.69, 9.17) is 0 Å². The topological polar surface area (TPSA) is 0 Å². The van der Waals surface area contributed by atoms with Crippen LogP contribution in [0.15, 0.2) is 121 Å². The molecule has 0 heteroatoms. The van der Waals surface area contributed by atoms with E-state index in [2.05, 4.69) is 163 Å². The summed E-state index contributed by atoms with van der Waals surface area (Å²) >= 11 is 0. The first kappa shape index (κ1) is 32.8. The van der Waals surface area contributed by atoms with Gasteiger partial charge in [-0.3, -0.25) is 0 Å². The summed E-state index contributed by atoms with van der Waals surface area (Å²) < 4.78 is 0. The molecule has 0 aromatic heterocycles. The van der Waals surface area contributed by atoms with E-state index in [-0.39, 0.29) is 0 Å². The van der Waals surface area contributed by atoms with Gasteiger partial charge < -0.3 is 0 Å². The van der Waals surface area contributed by atoms with E-state index in [1.165, 1.54) is 115 Å². The Labute approximate surface area is 294 Å². The lowest BCUT2D eigenvalue weighted by atomic mass is 9.67. The first-order valence-electron chi connectivity index (χ1n) is 18.5. The molecule has 7 rings (SSSR count). The van der Waals surface area contributed by atoms with Crippen LogP contribution in [-0.2, 0) is 18.3 Å². The molecular weight excluding hydrogens is 589 g/mol. The van der Waals surface area contributed by atoms with Crippen LogP contribution in [0.1, 0.15) is 95.2 Å². The molecule has 0 N–H and O–H groups in total. The van der Waals surface area contributed by atoms with Gasteiger partial charge in [0.15, 0.2) is 0 Å². The van der Waals surface area contributed by atoms with Gasteiger partial charge >= 0.3 is 0 Å². The lowest BCUT2D eigenvalue weighted by Gasteiger charge is -2.35. The second kappa shape index (κ2) is 13.7. The van der Waals surface area contributed by atoms with Crippen molar-refractivity contribution in [3.8, 4) is 33.4 Å². The number of aryl methyl sites for hydroxylation is 6. The van der Waals surface area contributed by atoms with Crippen molar-refractivity contribution in [2.45, 2.75) is 85.5 Å². The first-order chi connectivity index (χ1) is 23.8. The summed E-state index contributed by atoms with van der Waals surface area (Å²) in [6.07, 6.45) is 7.23. The van der Waals surface area contributed by atoms with Gasteiger partial charge in [-0.25, -0.2) is 0 Å². The van der Waals surface area contributed by atoms with Gasteiger partial charge in [-0.15, -0.1) is 0 Å². The maximum absolute atomic E-state index is 2.47. The van der Waals surface area contributed by atoms with Gasteiger partial charge in [0, 0.05) is 0 Å². The monoisotopic (exact) mass is 638 g/mol. The molecule has 0 nitrogen and oxygen atoms in total. The summed E-state index contributed by atoms with van der Waals surface area (Å²) in [5.74, 6) is 0. The SMILES string of the molecule is CCCCc1ccc(-c2ccc(C3(c4ccc(-c5ccc(CCCC)cc5)cc4)c4cc(C)c(C)cc4-c4cc(C)c(C)cc43)cc2)cc1. The minimum Gasteiger partial charge on any atom is -0.0654 e. The molecule has 6 aromatic rings. The van der Waals surface area contributed by atoms with E-state index in [0.717, 1.165) is 12.8 Å². The van der Waals surface area contributed by atoms with Crippen LogP contribution in [0, 0.1) is 27.7 Å². The summed E-state index contributed by atoms with van der Waals surface area (Å²) in [5, 5.41) is 0. The predicted molar refractivity (Wildman–Crippen MR) is 211 cm³/mol. The Morgan fingerprint density at radius 1 is 0.388 bits per heavy atom. The Balaban J connectivity index is 1.38. The van der Waals surface area contributed by atoms with E-state index in [9.17, 15) is 0 Å². The molecule has 0 bridgehead atoms. The number of benzene rings is 6. The maximum Gasteiger partial charge on any atom is 0.0713 e. The lowest BCUT2D eigenvalue weighted by molar-refractivity contribution is 0.766. The fraction of sp³-hybridized carbons (Fsp3) is 0.265. The highest BCUT2D eigenvalue weighted by atomic mass is 14.5. The van der Waals surface area contributed by atoms with Gasteiger partial charge in [-0.2, -0.15) is 0 Å². The Kier molecular flexibility index (Phi) is 9.17. The third-order valence-electron chi connectivity index (χ3n) is 11.2. The predicted octanol–water partition coefficient (Wildman–Crippen LogP) is 13.3. The van der Waals surface area contributed by atoms with E-state index in [0.29, 0.717) is 0 Å². The number of hydrogen-bond donors (Lipinski definition) is 0. The molecule has 1 aliphatic rings. The Morgan fingerprint density at radius 3 is 1.02 bits per heavy atom. The molecule has 0 aliphatic heterocycles. The minimum absolute atomic E-state index is 0.424. The smallest absolute Gasteiger partial charge is 0.0654 e. The van der Waals surface area contributed by atoms with Gasteiger partial charge in [0.05, 0.1) is 5.41 Å². The average molecular weight is 639 g/mol. The Bertz CT molecular complexity index is 1920. The summed E-state index contributed by atoms with van der Waals surface area (Å²) in [6.45, 7) is 13.6. The molecule has 0 saturated heterocycles. The van der Waals surface area contributed by atoms with Crippen molar-refractivity contribution in [3.63, 3.8) is 0 Å². The molecule has 0 heterocycles. The zero-order valence-electron chi connectivity index (χ0n) is 30.3. The van der Waals surface area contributed by atoms with Crippen LogP contribution >= 0.6 is 0 Å². The second-order valence-electron chi connectivity index (χ2n) is 14.5. The number of hydrogen-bond acceptors (Lipinski definition) is 0. The molecule has 0 atom stereocenters.